The Balaban J connectivity index is 1.76. The Kier molecular flexibility index (Phi) is 5.35. The van der Waals surface area contributed by atoms with Gasteiger partial charge in [0.25, 0.3) is 5.91 Å². The van der Waals surface area contributed by atoms with Gasteiger partial charge in [-0.15, -0.1) is 0 Å². The molecule has 0 atom stereocenters. The molecular weight excluding hydrogens is 290 g/mol. The molecule has 0 unspecified atom stereocenters. The fraction of sp³-hybridized carbons (Fsp3) is 0.125. The third kappa shape index (κ3) is 4.93. The van der Waals surface area contributed by atoms with Crippen LogP contribution in [-0.2, 0) is 4.79 Å². The van der Waals surface area contributed by atoms with Crippen molar-refractivity contribution in [1.82, 2.24) is 5.32 Å². The van der Waals surface area contributed by atoms with Crippen LogP contribution in [0.15, 0.2) is 54.6 Å². The summed E-state index contributed by atoms with van der Waals surface area (Å²) in [6, 6.07) is 15.6. The van der Waals surface area contributed by atoms with Crippen LogP contribution in [0.2, 0.25) is 5.02 Å². The molecule has 0 heterocycles. The number of halogens is 1. The maximum Gasteiger partial charge on any atom is 0.258 e. The highest BCUT2D eigenvalue weighted by Gasteiger charge is 2.08. The Morgan fingerprint density at radius 1 is 1.05 bits per heavy atom. The van der Waals surface area contributed by atoms with E-state index in [0.29, 0.717) is 16.3 Å². The van der Waals surface area contributed by atoms with Crippen LogP contribution in [0.4, 0.5) is 0 Å². The van der Waals surface area contributed by atoms with Crippen molar-refractivity contribution in [2.75, 3.05) is 13.2 Å². The molecule has 0 aliphatic carbocycles. The summed E-state index contributed by atoms with van der Waals surface area (Å²) in [7, 11) is 0. The maximum atomic E-state index is 11.8. The summed E-state index contributed by atoms with van der Waals surface area (Å²) in [5.41, 5.74) is 0.563. The number of amides is 1. The number of hydrogen-bond acceptors (Lipinski definition) is 3. The van der Waals surface area contributed by atoms with Gasteiger partial charge in [-0.3, -0.25) is 9.59 Å². The third-order valence-corrected chi connectivity index (χ3v) is 2.94. The van der Waals surface area contributed by atoms with Gasteiger partial charge in [0.2, 0.25) is 0 Å². The van der Waals surface area contributed by atoms with Crippen molar-refractivity contribution in [3.63, 3.8) is 0 Å². The SMILES string of the molecule is O=C(COc1cccc(Cl)c1)NCC(=O)c1ccccc1. The first-order valence-corrected chi connectivity index (χ1v) is 6.76. The maximum absolute atomic E-state index is 11.8. The van der Waals surface area contributed by atoms with Gasteiger partial charge in [-0.05, 0) is 18.2 Å². The first-order valence-electron chi connectivity index (χ1n) is 6.38. The number of carbonyl (C=O) groups excluding carboxylic acids is 2. The topological polar surface area (TPSA) is 55.4 Å². The number of Topliss-reactive ketones (excluding diaryl/α,β-unsaturated/α-hetero) is 1. The second-order valence-electron chi connectivity index (χ2n) is 4.31. The molecule has 2 rings (SSSR count). The van der Waals surface area contributed by atoms with E-state index in [4.69, 9.17) is 16.3 Å². The molecule has 0 bridgehead atoms. The molecule has 108 valence electrons. The summed E-state index contributed by atoms with van der Waals surface area (Å²) < 4.78 is 5.28. The molecule has 0 aliphatic rings. The Bertz CT molecular complexity index is 628. The lowest BCUT2D eigenvalue weighted by molar-refractivity contribution is -0.122. The van der Waals surface area contributed by atoms with Gasteiger partial charge in [-0.1, -0.05) is 48.0 Å². The highest BCUT2D eigenvalue weighted by molar-refractivity contribution is 6.30. The van der Waals surface area contributed by atoms with Crippen LogP contribution in [0.1, 0.15) is 10.4 Å². The summed E-state index contributed by atoms with van der Waals surface area (Å²) in [4.78, 5) is 23.4. The van der Waals surface area contributed by atoms with Crippen LogP contribution in [-0.4, -0.2) is 24.8 Å². The second kappa shape index (κ2) is 7.45. The average molecular weight is 304 g/mol. The summed E-state index contributed by atoms with van der Waals surface area (Å²) in [6.45, 7) is -0.218. The standard InChI is InChI=1S/C16H14ClNO3/c17-13-7-4-8-14(9-13)21-11-16(20)18-10-15(19)12-5-2-1-3-6-12/h1-9H,10-11H2,(H,18,20). The van der Waals surface area contributed by atoms with Crippen LogP contribution in [0.25, 0.3) is 0 Å². The molecule has 0 saturated carbocycles. The zero-order valence-corrected chi connectivity index (χ0v) is 12.0. The fourth-order valence-corrected chi connectivity index (χ4v) is 1.84. The van der Waals surface area contributed by atoms with E-state index in [1.165, 1.54) is 0 Å². The van der Waals surface area contributed by atoms with E-state index >= 15 is 0 Å². The largest absolute Gasteiger partial charge is 0.484 e. The van der Waals surface area contributed by atoms with Crippen LogP contribution in [0.5, 0.6) is 5.75 Å². The van der Waals surface area contributed by atoms with Crippen LogP contribution in [0.3, 0.4) is 0 Å². The predicted octanol–water partition coefficient (Wildman–Crippen LogP) is 2.72. The van der Waals surface area contributed by atoms with Crippen molar-refractivity contribution in [2.24, 2.45) is 0 Å². The average Bonchev–Trinajstić information content (AvgIpc) is 2.51. The van der Waals surface area contributed by atoms with Crippen molar-refractivity contribution in [3.8, 4) is 5.75 Å². The van der Waals surface area contributed by atoms with Crippen molar-refractivity contribution < 1.29 is 14.3 Å². The summed E-state index contributed by atoms with van der Waals surface area (Å²) >= 11 is 5.81. The van der Waals surface area contributed by atoms with Gasteiger partial charge in [0.15, 0.2) is 12.4 Å². The lowest BCUT2D eigenvalue weighted by Gasteiger charge is -2.07. The molecule has 2 aromatic rings. The molecule has 0 aliphatic heterocycles. The van der Waals surface area contributed by atoms with Gasteiger partial charge in [-0.25, -0.2) is 0 Å². The number of nitrogens with one attached hydrogen (secondary N) is 1. The van der Waals surface area contributed by atoms with Crippen molar-refractivity contribution >= 4 is 23.3 Å². The first kappa shape index (κ1) is 15.1. The van der Waals surface area contributed by atoms with Gasteiger partial charge >= 0.3 is 0 Å². The fourth-order valence-electron chi connectivity index (χ4n) is 1.66. The van der Waals surface area contributed by atoms with Crippen LogP contribution < -0.4 is 10.1 Å². The normalized spacial score (nSPS) is 9.95. The smallest absolute Gasteiger partial charge is 0.258 e. The molecular formula is C16H14ClNO3. The van der Waals surface area contributed by atoms with E-state index in [2.05, 4.69) is 5.32 Å². The molecule has 1 N–H and O–H groups in total. The molecule has 4 nitrogen and oxygen atoms in total. The summed E-state index contributed by atoms with van der Waals surface area (Å²) in [6.07, 6.45) is 0. The number of benzene rings is 2. The highest BCUT2D eigenvalue weighted by Crippen LogP contribution is 2.16. The van der Waals surface area contributed by atoms with E-state index in [1.807, 2.05) is 6.07 Å². The van der Waals surface area contributed by atoms with Gasteiger partial charge in [0, 0.05) is 10.6 Å². The molecule has 0 aromatic heterocycles. The zero-order valence-electron chi connectivity index (χ0n) is 11.2. The number of rotatable bonds is 6. The van der Waals surface area contributed by atoms with Gasteiger partial charge in [0.1, 0.15) is 5.75 Å². The number of carbonyl (C=O) groups is 2. The van der Waals surface area contributed by atoms with Crippen LogP contribution in [0, 0.1) is 0 Å². The molecule has 1 amide bonds. The van der Waals surface area contributed by atoms with E-state index in [-0.39, 0.29) is 24.8 Å². The monoisotopic (exact) mass is 303 g/mol. The molecule has 0 spiro atoms. The molecule has 0 fully saturated rings. The van der Waals surface area contributed by atoms with E-state index < -0.39 is 0 Å². The number of hydrogen-bond donors (Lipinski definition) is 1. The predicted molar refractivity (Wildman–Crippen MR) is 80.7 cm³/mol. The summed E-state index contributed by atoms with van der Waals surface area (Å²) in [5.74, 6) is -0.00185. The molecule has 0 saturated heterocycles. The number of ether oxygens (including phenoxy) is 1. The van der Waals surface area contributed by atoms with Gasteiger partial charge in [-0.2, -0.15) is 0 Å². The Morgan fingerprint density at radius 2 is 1.81 bits per heavy atom. The van der Waals surface area contributed by atoms with Crippen molar-refractivity contribution in [2.45, 2.75) is 0 Å². The Hall–Kier alpha value is -2.33. The van der Waals surface area contributed by atoms with Crippen molar-refractivity contribution in [1.29, 1.82) is 0 Å². The zero-order chi connectivity index (χ0) is 15.1. The van der Waals surface area contributed by atoms with E-state index in [9.17, 15) is 9.59 Å². The van der Waals surface area contributed by atoms with Gasteiger partial charge in [0.05, 0.1) is 6.54 Å². The van der Waals surface area contributed by atoms with Crippen LogP contribution >= 0.6 is 11.6 Å². The quantitative estimate of drug-likeness (QED) is 0.835. The second-order valence-corrected chi connectivity index (χ2v) is 4.75. The van der Waals surface area contributed by atoms with Gasteiger partial charge < -0.3 is 10.1 Å². The van der Waals surface area contributed by atoms with E-state index in [1.54, 1.807) is 48.5 Å². The summed E-state index contributed by atoms with van der Waals surface area (Å²) in [5, 5.41) is 3.05. The molecule has 21 heavy (non-hydrogen) atoms. The first-order chi connectivity index (χ1) is 10.1. The molecule has 2 aromatic carbocycles. The third-order valence-electron chi connectivity index (χ3n) is 2.71. The van der Waals surface area contributed by atoms with E-state index in [0.717, 1.165) is 0 Å². The lowest BCUT2D eigenvalue weighted by Crippen LogP contribution is -2.33. The number of ketones is 1. The lowest BCUT2D eigenvalue weighted by atomic mass is 10.1. The van der Waals surface area contributed by atoms with Crippen molar-refractivity contribution in [3.05, 3.63) is 65.2 Å². The molecule has 0 radical (unpaired) electrons. The Labute approximate surface area is 127 Å². The Morgan fingerprint density at radius 3 is 2.52 bits per heavy atom. The molecule has 5 heteroatoms. The minimum Gasteiger partial charge on any atom is -0.484 e. The minimum absolute atomic E-state index is 0.0538. The highest BCUT2D eigenvalue weighted by atomic mass is 35.5. The minimum atomic E-state index is -0.362.